The number of aryl methyl sites for hydroxylation is 1. The first kappa shape index (κ1) is 15.7. The van der Waals surface area contributed by atoms with E-state index >= 15 is 0 Å². The molecule has 0 atom stereocenters. The third-order valence-corrected chi connectivity index (χ3v) is 3.88. The monoisotopic (exact) mass is 324 g/mol. The Kier molecular flexibility index (Phi) is 3.99. The summed E-state index contributed by atoms with van der Waals surface area (Å²) < 4.78 is 6.45. The number of carbonyl (C=O) groups is 2. The molecule has 3 rings (SSSR count). The van der Waals surface area contributed by atoms with Crippen LogP contribution < -0.4 is 5.32 Å². The van der Waals surface area contributed by atoms with Crippen molar-refractivity contribution in [3.05, 3.63) is 59.0 Å². The molecule has 0 fully saturated rings. The predicted molar refractivity (Wildman–Crippen MR) is 88.2 cm³/mol. The molecule has 7 heteroatoms. The van der Waals surface area contributed by atoms with E-state index in [2.05, 4.69) is 15.5 Å². The molecule has 122 valence electrons. The highest BCUT2D eigenvalue weighted by molar-refractivity contribution is 6.05. The van der Waals surface area contributed by atoms with Crippen LogP contribution in [0.1, 0.15) is 31.8 Å². The maximum atomic E-state index is 12.4. The second-order valence-corrected chi connectivity index (χ2v) is 5.43. The number of pyridine rings is 1. The zero-order chi connectivity index (χ0) is 17.3. The molecule has 0 saturated carbocycles. The second kappa shape index (κ2) is 6.11. The van der Waals surface area contributed by atoms with Crippen LogP contribution in [0, 0.1) is 13.8 Å². The van der Waals surface area contributed by atoms with E-state index in [9.17, 15) is 9.59 Å². The van der Waals surface area contributed by atoms with Crippen LogP contribution in [0.2, 0.25) is 0 Å². The van der Waals surface area contributed by atoms with E-state index in [0.29, 0.717) is 22.5 Å². The molecule has 3 aromatic rings. The van der Waals surface area contributed by atoms with Crippen LogP contribution in [-0.4, -0.2) is 33.6 Å². The number of carbonyl (C=O) groups excluding carboxylic acids is 2. The molecule has 0 aliphatic carbocycles. The van der Waals surface area contributed by atoms with Gasteiger partial charge in [0.1, 0.15) is 6.33 Å². The summed E-state index contributed by atoms with van der Waals surface area (Å²) in [5, 5.41) is 10.5. The lowest BCUT2D eigenvalue weighted by Gasteiger charge is -2.12. The molecule has 0 saturated heterocycles. The third-order valence-electron chi connectivity index (χ3n) is 3.88. The van der Waals surface area contributed by atoms with Gasteiger partial charge in [0.25, 0.3) is 5.91 Å². The van der Waals surface area contributed by atoms with Crippen LogP contribution in [0.5, 0.6) is 0 Å². The smallest absolute Gasteiger partial charge is 0.338 e. The highest BCUT2D eigenvalue weighted by Gasteiger charge is 2.14. The van der Waals surface area contributed by atoms with Crippen molar-refractivity contribution in [1.82, 2.24) is 14.6 Å². The van der Waals surface area contributed by atoms with Gasteiger partial charge in [-0.15, -0.1) is 10.2 Å². The second-order valence-electron chi connectivity index (χ2n) is 5.43. The summed E-state index contributed by atoms with van der Waals surface area (Å²) in [5.41, 5.74) is 3.80. The minimum atomic E-state index is -0.433. The minimum Gasteiger partial charge on any atom is -0.465 e. The molecule has 1 N–H and O–H groups in total. The van der Waals surface area contributed by atoms with E-state index in [0.717, 1.165) is 11.1 Å². The number of rotatable bonds is 3. The first-order valence-corrected chi connectivity index (χ1v) is 7.30. The summed E-state index contributed by atoms with van der Waals surface area (Å²) in [4.78, 5) is 24.3. The Balaban J connectivity index is 1.91. The molecular formula is C17H16N4O3. The Bertz CT molecular complexity index is 946. The number of aromatic nitrogens is 3. The first-order chi connectivity index (χ1) is 11.5. The summed E-state index contributed by atoms with van der Waals surface area (Å²) in [5.74, 6) is -0.720. The molecule has 0 bridgehead atoms. The fourth-order valence-corrected chi connectivity index (χ4v) is 2.42. The highest BCUT2D eigenvalue weighted by atomic mass is 16.5. The Labute approximate surface area is 138 Å². The standard InChI is InChI=1S/C17H16N4O3/c1-10-6-13(7-14(11(10)2)17(23)24-3)19-16(22)12-4-5-15-20-18-9-21(15)8-12/h4-9H,1-3H3,(H,19,22). The lowest BCUT2D eigenvalue weighted by atomic mass is 10.0. The number of anilines is 1. The number of benzene rings is 1. The fourth-order valence-electron chi connectivity index (χ4n) is 2.42. The molecule has 0 aliphatic heterocycles. The molecule has 7 nitrogen and oxygen atoms in total. The van der Waals surface area contributed by atoms with Crippen molar-refractivity contribution in [2.24, 2.45) is 0 Å². The molecular weight excluding hydrogens is 308 g/mol. The van der Waals surface area contributed by atoms with Gasteiger partial charge in [0.05, 0.1) is 18.2 Å². The normalized spacial score (nSPS) is 10.6. The van der Waals surface area contributed by atoms with E-state index < -0.39 is 5.97 Å². The van der Waals surface area contributed by atoms with E-state index in [1.807, 2.05) is 19.9 Å². The van der Waals surface area contributed by atoms with Gasteiger partial charge in [-0.2, -0.15) is 0 Å². The maximum Gasteiger partial charge on any atom is 0.338 e. The van der Waals surface area contributed by atoms with Crippen molar-refractivity contribution >= 4 is 23.2 Å². The molecule has 1 aromatic carbocycles. The van der Waals surface area contributed by atoms with Gasteiger partial charge in [0.2, 0.25) is 0 Å². The Morgan fingerprint density at radius 1 is 1.21 bits per heavy atom. The van der Waals surface area contributed by atoms with Gasteiger partial charge >= 0.3 is 5.97 Å². The summed E-state index contributed by atoms with van der Waals surface area (Å²) in [6.07, 6.45) is 3.17. The lowest BCUT2D eigenvalue weighted by molar-refractivity contribution is 0.0599. The number of amides is 1. The topological polar surface area (TPSA) is 85.6 Å². The van der Waals surface area contributed by atoms with Gasteiger partial charge in [-0.05, 0) is 49.2 Å². The number of nitrogens with one attached hydrogen (secondary N) is 1. The summed E-state index contributed by atoms with van der Waals surface area (Å²) >= 11 is 0. The van der Waals surface area contributed by atoms with Crippen molar-refractivity contribution in [1.29, 1.82) is 0 Å². The number of methoxy groups -OCH3 is 1. The molecule has 0 aliphatic rings. The fraction of sp³-hybridized carbons (Fsp3) is 0.176. The third kappa shape index (κ3) is 2.83. The molecule has 2 heterocycles. The average Bonchev–Trinajstić information content (AvgIpc) is 3.04. The van der Waals surface area contributed by atoms with E-state index in [1.54, 1.807) is 28.8 Å². The number of hydrogen-bond donors (Lipinski definition) is 1. The first-order valence-electron chi connectivity index (χ1n) is 7.30. The van der Waals surface area contributed by atoms with Crippen molar-refractivity contribution in [2.45, 2.75) is 13.8 Å². The van der Waals surface area contributed by atoms with Gasteiger partial charge in [0, 0.05) is 11.9 Å². The average molecular weight is 324 g/mol. The number of esters is 1. The van der Waals surface area contributed by atoms with Gasteiger partial charge in [-0.1, -0.05) is 0 Å². The van der Waals surface area contributed by atoms with E-state index in [4.69, 9.17) is 4.74 Å². The van der Waals surface area contributed by atoms with Crippen molar-refractivity contribution < 1.29 is 14.3 Å². The van der Waals surface area contributed by atoms with Crippen LogP contribution in [0.3, 0.4) is 0 Å². The molecule has 2 aromatic heterocycles. The van der Waals surface area contributed by atoms with Crippen LogP contribution in [-0.2, 0) is 4.74 Å². The maximum absolute atomic E-state index is 12.4. The van der Waals surface area contributed by atoms with Crippen LogP contribution in [0.15, 0.2) is 36.8 Å². The quantitative estimate of drug-likeness (QED) is 0.748. The molecule has 0 spiro atoms. The number of ether oxygens (including phenoxy) is 1. The van der Waals surface area contributed by atoms with E-state index in [1.165, 1.54) is 13.4 Å². The highest BCUT2D eigenvalue weighted by Crippen LogP contribution is 2.21. The van der Waals surface area contributed by atoms with Crippen molar-refractivity contribution in [3.8, 4) is 0 Å². The Morgan fingerprint density at radius 2 is 2.00 bits per heavy atom. The zero-order valence-electron chi connectivity index (χ0n) is 13.5. The van der Waals surface area contributed by atoms with Gasteiger partial charge in [-0.25, -0.2) is 4.79 Å². The van der Waals surface area contributed by atoms with Crippen LogP contribution in [0.25, 0.3) is 5.65 Å². The van der Waals surface area contributed by atoms with Crippen LogP contribution in [0.4, 0.5) is 5.69 Å². The number of fused-ring (bicyclic) bond motifs is 1. The number of nitrogens with zero attached hydrogens (tertiary/aromatic N) is 3. The van der Waals surface area contributed by atoms with Gasteiger partial charge < -0.3 is 10.1 Å². The largest absolute Gasteiger partial charge is 0.465 e. The number of hydrogen-bond acceptors (Lipinski definition) is 5. The summed E-state index contributed by atoms with van der Waals surface area (Å²) in [6.45, 7) is 3.72. The minimum absolute atomic E-state index is 0.287. The summed E-state index contributed by atoms with van der Waals surface area (Å²) in [7, 11) is 1.33. The molecule has 0 unspecified atom stereocenters. The Hall–Kier alpha value is -3.22. The zero-order valence-corrected chi connectivity index (χ0v) is 13.5. The molecule has 1 amide bonds. The van der Waals surface area contributed by atoms with Crippen LogP contribution >= 0.6 is 0 Å². The lowest BCUT2D eigenvalue weighted by Crippen LogP contribution is -2.14. The van der Waals surface area contributed by atoms with Gasteiger partial charge in [0.15, 0.2) is 5.65 Å². The molecule has 0 radical (unpaired) electrons. The Morgan fingerprint density at radius 3 is 2.75 bits per heavy atom. The van der Waals surface area contributed by atoms with Gasteiger partial charge in [-0.3, -0.25) is 9.20 Å². The van der Waals surface area contributed by atoms with E-state index in [-0.39, 0.29) is 5.91 Å². The van der Waals surface area contributed by atoms with Crippen molar-refractivity contribution in [3.63, 3.8) is 0 Å². The molecule has 24 heavy (non-hydrogen) atoms. The van der Waals surface area contributed by atoms with Crippen molar-refractivity contribution in [2.75, 3.05) is 12.4 Å². The predicted octanol–water partition coefficient (Wildman–Crippen LogP) is 2.39. The summed E-state index contributed by atoms with van der Waals surface area (Å²) in [6, 6.07) is 6.81. The SMILES string of the molecule is COC(=O)c1cc(NC(=O)c2ccc3nncn3c2)cc(C)c1C.